The number of nitrogens with zero attached hydrogens (tertiary/aromatic N) is 5. The lowest BCUT2D eigenvalue weighted by Gasteiger charge is -2.34. The van der Waals surface area contributed by atoms with Crippen LogP contribution in [-0.2, 0) is 4.79 Å². The Bertz CT molecular complexity index is 1320. The van der Waals surface area contributed by atoms with Crippen molar-refractivity contribution in [2.75, 3.05) is 44.7 Å². The molecule has 1 aromatic carbocycles. The molecule has 0 radical (unpaired) electrons. The molecule has 4 aromatic rings. The van der Waals surface area contributed by atoms with Crippen molar-refractivity contribution in [3.63, 3.8) is 0 Å². The molecule has 0 bridgehead atoms. The third-order valence-electron chi connectivity index (χ3n) is 6.49. The van der Waals surface area contributed by atoms with Crippen LogP contribution in [-0.4, -0.2) is 71.3 Å². The molecule has 5 heterocycles. The number of aromatic nitrogens is 3. The van der Waals surface area contributed by atoms with Gasteiger partial charge in [-0.25, -0.2) is 9.50 Å². The number of anilines is 1. The van der Waals surface area contributed by atoms with Gasteiger partial charge in [-0.3, -0.25) is 4.79 Å². The van der Waals surface area contributed by atoms with E-state index in [1.807, 2.05) is 18.2 Å². The van der Waals surface area contributed by atoms with Crippen LogP contribution in [0.5, 0.6) is 5.88 Å². The van der Waals surface area contributed by atoms with Crippen LogP contribution in [0.1, 0.15) is 12.8 Å². The van der Waals surface area contributed by atoms with Gasteiger partial charge in [0.1, 0.15) is 17.9 Å². The normalized spacial score (nSPS) is 19.5. The molecule has 1 N–H and O–H groups in total. The lowest BCUT2D eigenvalue weighted by Crippen LogP contribution is -2.44. The highest BCUT2D eigenvalue weighted by Crippen LogP contribution is 2.34. The number of nitrogens with one attached hydrogen (secondary N) is 1. The SMILES string of the molecule is CN1CCN(c2cccc3oc(-c4cnc5ccc(OCC6CCC(=O)N6)nn45)cc23)CC1. The first-order valence-electron chi connectivity index (χ1n) is 11.4. The van der Waals surface area contributed by atoms with Crippen LogP contribution in [0, 0.1) is 0 Å². The summed E-state index contributed by atoms with van der Waals surface area (Å²) in [5.74, 6) is 1.27. The van der Waals surface area contributed by atoms with Crippen LogP contribution in [0.15, 0.2) is 47.0 Å². The standard InChI is InChI=1S/C24H26N6O3/c1-28-9-11-29(12-10-28)18-3-2-4-20-17(18)13-21(33-20)19-14-25-22-6-8-24(27-30(19)22)32-15-16-5-7-23(31)26-16/h2-4,6,8,13-14,16H,5,7,9-12,15H2,1H3,(H,26,31). The molecule has 3 aromatic heterocycles. The Balaban J connectivity index is 1.30. The number of imidazole rings is 1. The zero-order valence-corrected chi connectivity index (χ0v) is 18.5. The summed E-state index contributed by atoms with van der Waals surface area (Å²) < 4.78 is 13.8. The maximum Gasteiger partial charge on any atom is 0.231 e. The summed E-state index contributed by atoms with van der Waals surface area (Å²) in [7, 11) is 2.16. The fourth-order valence-electron chi connectivity index (χ4n) is 4.58. The van der Waals surface area contributed by atoms with Gasteiger partial charge in [-0.05, 0) is 37.7 Å². The monoisotopic (exact) mass is 446 g/mol. The fourth-order valence-corrected chi connectivity index (χ4v) is 4.58. The molecule has 2 saturated heterocycles. The number of benzene rings is 1. The highest BCUT2D eigenvalue weighted by Gasteiger charge is 2.22. The van der Waals surface area contributed by atoms with E-state index in [0.717, 1.165) is 49.3 Å². The fraction of sp³-hybridized carbons (Fsp3) is 0.375. The molecule has 0 spiro atoms. The Morgan fingerprint density at radius 2 is 2.06 bits per heavy atom. The Hall–Kier alpha value is -3.59. The number of furan rings is 1. The third-order valence-corrected chi connectivity index (χ3v) is 6.49. The minimum absolute atomic E-state index is 0.0284. The predicted octanol–water partition coefficient (Wildman–Crippen LogP) is 2.55. The lowest BCUT2D eigenvalue weighted by molar-refractivity contribution is -0.119. The van der Waals surface area contributed by atoms with Crippen molar-refractivity contribution in [2.24, 2.45) is 0 Å². The van der Waals surface area contributed by atoms with Gasteiger partial charge in [-0.15, -0.1) is 5.10 Å². The summed E-state index contributed by atoms with van der Waals surface area (Å²) >= 11 is 0. The molecule has 6 rings (SSSR count). The highest BCUT2D eigenvalue weighted by atomic mass is 16.5. The van der Waals surface area contributed by atoms with Gasteiger partial charge in [-0.2, -0.15) is 0 Å². The number of ether oxygens (including phenoxy) is 1. The molecule has 2 aliphatic heterocycles. The van der Waals surface area contributed by atoms with Crippen LogP contribution >= 0.6 is 0 Å². The molecule has 33 heavy (non-hydrogen) atoms. The second-order valence-corrected chi connectivity index (χ2v) is 8.79. The molecule has 0 aliphatic carbocycles. The summed E-state index contributed by atoms with van der Waals surface area (Å²) in [5.41, 5.74) is 3.53. The number of fused-ring (bicyclic) bond motifs is 2. The van der Waals surface area contributed by atoms with E-state index in [-0.39, 0.29) is 11.9 Å². The third kappa shape index (κ3) is 3.78. The number of carbonyl (C=O) groups excluding carboxylic acids is 1. The minimum atomic E-state index is 0.0284. The number of amides is 1. The molecule has 2 fully saturated rings. The van der Waals surface area contributed by atoms with Crippen molar-refractivity contribution >= 4 is 28.2 Å². The Kier molecular flexibility index (Phi) is 4.91. The second kappa shape index (κ2) is 8.08. The van der Waals surface area contributed by atoms with E-state index < -0.39 is 0 Å². The molecule has 9 nitrogen and oxygen atoms in total. The highest BCUT2D eigenvalue weighted by molar-refractivity contribution is 5.94. The average molecular weight is 447 g/mol. The van der Waals surface area contributed by atoms with Gasteiger partial charge in [0.25, 0.3) is 0 Å². The number of hydrogen-bond donors (Lipinski definition) is 1. The molecule has 9 heteroatoms. The van der Waals surface area contributed by atoms with E-state index in [9.17, 15) is 4.79 Å². The molecule has 2 aliphatic rings. The van der Waals surface area contributed by atoms with Gasteiger partial charge in [0.2, 0.25) is 11.8 Å². The van der Waals surface area contributed by atoms with E-state index in [1.165, 1.54) is 5.69 Å². The van der Waals surface area contributed by atoms with Crippen LogP contribution in [0.4, 0.5) is 5.69 Å². The van der Waals surface area contributed by atoms with Gasteiger partial charge in [0.05, 0.1) is 12.2 Å². The van der Waals surface area contributed by atoms with Crippen molar-refractivity contribution < 1.29 is 13.9 Å². The van der Waals surface area contributed by atoms with Gasteiger partial charge >= 0.3 is 0 Å². The van der Waals surface area contributed by atoms with E-state index in [2.05, 4.69) is 44.4 Å². The van der Waals surface area contributed by atoms with Gasteiger partial charge in [-0.1, -0.05) is 6.07 Å². The number of carbonyl (C=O) groups is 1. The summed E-state index contributed by atoms with van der Waals surface area (Å²) in [4.78, 5) is 20.7. The van der Waals surface area contributed by atoms with Gasteiger partial charge in [0, 0.05) is 49.7 Å². The Morgan fingerprint density at radius 3 is 2.88 bits per heavy atom. The van der Waals surface area contributed by atoms with Crippen LogP contribution < -0.4 is 15.0 Å². The largest absolute Gasteiger partial charge is 0.474 e. The zero-order chi connectivity index (χ0) is 22.4. The number of hydrogen-bond acceptors (Lipinski definition) is 7. The van der Waals surface area contributed by atoms with Crippen molar-refractivity contribution in [3.8, 4) is 17.3 Å². The number of likely N-dealkylation sites (N-methyl/N-ethyl adjacent to an activating group) is 1. The molecule has 0 saturated carbocycles. The van der Waals surface area contributed by atoms with Crippen molar-refractivity contribution in [1.29, 1.82) is 0 Å². The molecule has 1 atom stereocenters. The summed E-state index contributed by atoms with van der Waals surface area (Å²) in [6, 6.07) is 12.0. The molecule has 1 amide bonds. The summed E-state index contributed by atoms with van der Waals surface area (Å²) in [6.07, 6.45) is 3.11. The Labute approximate surface area is 190 Å². The smallest absolute Gasteiger partial charge is 0.231 e. The van der Waals surface area contributed by atoms with Crippen molar-refractivity contribution in [2.45, 2.75) is 18.9 Å². The zero-order valence-electron chi connectivity index (χ0n) is 18.5. The summed E-state index contributed by atoms with van der Waals surface area (Å²) in [5, 5.41) is 8.63. The Morgan fingerprint density at radius 1 is 1.18 bits per heavy atom. The summed E-state index contributed by atoms with van der Waals surface area (Å²) in [6.45, 7) is 4.48. The number of rotatable bonds is 5. The quantitative estimate of drug-likeness (QED) is 0.504. The van der Waals surface area contributed by atoms with Crippen LogP contribution in [0.2, 0.25) is 0 Å². The van der Waals surface area contributed by atoms with Gasteiger partial charge < -0.3 is 24.3 Å². The van der Waals surface area contributed by atoms with E-state index in [0.29, 0.717) is 30.3 Å². The molecule has 1 unspecified atom stereocenters. The first kappa shape index (κ1) is 20.0. The first-order chi connectivity index (χ1) is 16.1. The second-order valence-electron chi connectivity index (χ2n) is 8.79. The number of piperazine rings is 1. The minimum Gasteiger partial charge on any atom is -0.474 e. The van der Waals surface area contributed by atoms with Gasteiger partial charge in [0.15, 0.2) is 11.4 Å². The van der Waals surface area contributed by atoms with E-state index in [1.54, 1.807) is 16.8 Å². The van der Waals surface area contributed by atoms with E-state index >= 15 is 0 Å². The molecule has 170 valence electrons. The topological polar surface area (TPSA) is 88.1 Å². The maximum atomic E-state index is 11.4. The predicted molar refractivity (Wildman–Crippen MR) is 125 cm³/mol. The lowest BCUT2D eigenvalue weighted by atomic mass is 10.1. The molecular formula is C24H26N6O3. The van der Waals surface area contributed by atoms with Crippen molar-refractivity contribution in [3.05, 3.63) is 42.6 Å². The van der Waals surface area contributed by atoms with E-state index in [4.69, 9.17) is 9.15 Å². The average Bonchev–Trinajstić information content (AvgIpc) is 3.55. The van der Waals surface area contributed by atoms with Crippen molar-refractivity contribution in [1.82, 2.24) is 24.8 Å². The maximum absolute atomic E-state index is 11.4. The first-order valence-corrected chi connectivity index (χ1v) is 11.4. The van der Waals surface area contributed by atoms with Crippen LogP contribution in [0.25, 0.3) is 28.1 Å². The molecular weight excluding hydrogens is 420 g/mol. The van der Waals surface area contributed by atoms with Crippen LogP contribution in [0.3, 0.4) is 0 Å².